The number of carbonyl (C=O) groups is 1. The quantitative estimate of drug-likeness (QED) is 0.651. The zero-order valence-corrected chi connectivity index (χ0v) is 10.5. The average molecular weight is 241 g/mol. The summed E-state index contributed by atoms with van der Waals surface area (Å²) in [6.07, 6.45) is 5.44. The van der Waals surface area contributed by atoms with Gasteiger partial charge < -0.3 is 20.6 Å². The second-order valence-corrected chi connectivity index (χ2v) is 5.19. The Labute approximate surface area is 103 Å². The Hall–Kier alpha value is -0.810. The second kappa shape index (κ2) is 5.69. The lowest BCUT2D eigenvalue weighted by Gasteiger charge is -2.30. The van der Waals surface area contributed by atoms with Crippen LogP contribution >= 0.6 is 0 Å². The van der Waals surface area contributed by atoms with Crippen LogP contribution in [0.1, 0.15) is 32.1 Å². The van der Waals surface area contributed by atoms with Gasteiger partial charge in [-0.25, -0.2) is 4.79 Å². The molecule has 2 fully saturated rings. The number of nitrogens with zero attached hydrogens (tertiary/aromatic N) is 1. The lowest BCUT2D eigenvalue weighted by Crippen LogP contribution is -2.51. The Morgan fingerprint density at radius 2 is 2.00 bits per heavy atom. The van der Waals surface area contributed by atoms with Gasteiger partial charge in [-0.05, 0) is 12.8 Å². The molecule has 0 radical (unpaired) electrons. The van der Waals surface area contributed by atoms with E-state index in [1.165, 1.54) is 19.3 Å². The third-order valence-electron chi connectivity index (χ3n) is 3.90. The zero-order chi connectivity index (χ0) is 12.3. The molecule has 2 atom stereocenters. The molecule has 0 spiro atoms. The van der Waals surface area contributed by atoms with E-state index in [1.54, 1.807) is 11.9 Å². The molecule has 0 aromatic carbocycles. The van der Waals surface area contributed by atoms with Gasteiger partial charge in [-0.2, -0.15) is 0 Å². The summed E-state index contributed by atoms with van der Waals surface area (Å²) >= 11 is 0. The van der Waals surface area contributed by atoms with E-state index in [1.807, 2.05) is 0 Å². The first kappa shape index (κ1) is 12.6. The molecule has 3 N–H and O–H groups in total. The number of aliphatic hydroxyl groups excluding tert-OH is 1. The number of urea groups is 1. The Kier molecular flexibility index (Phi) is 4.23. The van der Waals surface area contributed by atoms with Crippen molar-refractivity contribution in [3.05, 3.63) is 0 Å². The first-order valence-electron chi connectivity index (χ1n) is 6.60. The van der Waals surface area contributed by atoms with E-state index < -0.39 is 6.10 Å². The van der Waals surface area contributed by atoms with Gasteiger partial charge in [0.1, 0.15) is 0 Å². The van der Waals surface area contributed by atoms with Gasteiger partial charge in [0.25, 0.3) is 0 Å². The molecule has 0 unspecified atom stereocenters. The van der Waals surface area contributed by atoms with Gasteiger partial charge in [-0.3, -0.25) is 0 Å². The van der Waals surface area contributed by atoms with Crippen LogP contribution in [0.4, 0.5) is 4.79 Å². The van der Waals surface area contributed by atoms with Crippen molar-refractivity contribution >= 4 is 6.03 Å². The minimum atomic E-state index is -0.447. The van der Waals surface area contributed by atoms with Crippen molar-refractivity contribution in [2.75, 3.05) is 20.1 Å². The molecular formula is C12H23N3O2. The van der Waals surface area contributed by atoms with Crippen LogP contribution < -0.4 is 10.6 Å². The summed E-state index contributed by atoms with van der Waals surface area (Å²) < 4.78 is 0. The standard InChI is InChI=1S/C12H23N3O2/c1-15(10-7-13-8-11(10)16)12(17)14-9-5-3-2-4-6-9/h9-11,13,16H,2-8H2,1H3,(H,14,17)/t10-,11-/m0/s1. The van der Waals surface area contributed by atoms with Crippen molar-refractivity contribution in [2.24, 2.45) is 0 Å². The molecule has 1 aliphatic heterocycles. The fourth-order valence-corrected chi connectivity index (χ4v) is 2.72. The summed E-state index contributed by atoms with van der Waals surface area (Å²) in [5.74, 6) is 0. The molecule has 0 aromatic rings. The van der Waals surface area contributed by atoms with E-state index >= 15 is 0 Å². The highest BCUT2D eigenvalue weighted by molar-refractivity contribution is 5.74. The molecule has 1 saturated carbocycles. The Morgan fingerprint density at radius 1 is 1.29 bits per heavy atom. The molecule has 2 rings (SSSR count). The lowest BCUT2D eigenvalue weighted by molar-refractivity contribution is 0.108. The largest absolute Gasteiger partial charge is 0.390 e. The van der Waals surface area contributed by atoms with E-state index in [-0.39, 0.29) is 12.1 Å². The third-order valence-corrected chi connectivity index (χ3v) is 3.90. The van der Waals surface area contributed by atoms with Gasteiger partial charge in [0.05, 0.1) is 12.1 Å². The topological polar surface area (TPSA) is 64.6 Å². The maximum Gasteiger partial charge on any atom is 0.317 e. The maximum absolute atomic E-state index is 12.0. The molecule has 5 heteroatoms. The normalized spacial score (nSPS) is 30.2. The summed E-state index contributed by atoms with van der Waals surface area (Å²) in [6.45, 7) is 1.25. The SMILES string of the molecule is CN(C(=O)NC1CCCCC1)[C@H]1CNC[C@@H]1O. The zero-order valence-electron chi connectivity index (χ0n) is 10.5. The van der Waals surface area contributed by atoms with Crippen LogP contribution in [0, 0.1) is 0 Å². The van der Waals surface area contributed by atoms with Crippen molar-refractivity contribution in [3.8, 4) is 0 Å². The number of nitrogens with one attached hydrogen (secondary N) is 2. The highest BCUT2D eigenvalue weighted by Gasteiger charge is 2.31. The first-order valence-corrected chi connectivity index (χ1v) is 6.60. The average Bonchev–Trinajstić information content (AvgIpc) is 2.76. The van der Waals surface area contributed by atoms with Gasteiger partial charge >= 0.3 is 6.03 Å². The van der Waals surface area contributed by atoms with Crippen molar-refractivity contribution in [1.29, 1.82) is 0 Å². The second-order valence-electron chi connectivity index (χ2n) is 5.19. The van der Waals surface area contributed by atoms with Crippen LogP contribution in [-0.2, 0) is 0 Å². The number of hydrogen-bond acceptors (Lipinski definition) is 3. The number of likely N-dealkylation sites (N-methyl/N-ethyl adjacent to an activating group) is 1. The van der Waals surface area contributed by atoms with Crippen LogP contribution in [0.15, 0.2) is 0 Å². The lowest BCUT2D eigenvalue weighted by atomic mass is 9.96. The van der Waals surface area contributed by atoms with Crippen molar-refractivity contribution in [2.45, 2.75) is 50.3 Å². The summed E-state index contributed by atoms with van der Waals surface area (Å²) in [7, 11) is 1.76. The molecular weight excluding hydrogens is 218 g/mol. The molecule has 1 saturated heterocycles. The minimum Gasteiger partial charge on any atom is -0.390 e. The smallest absolute Gasteiger partial charge is 0.317 e. The van der Waals surface area contributed by atoms with E-state index in [4.69, 9.17) is 0 Å². The summed E-state index contributed by atoms with van der Waals surface area (Å²) in [5, 5.41) is 15.9. The molecule has 1 heterocycles. The Bertz CT molecular complexity index is 266. The Morgan fingerprint density at radius 3 is 2.59 bits per heavy atom. The van der Waals surface area contributed by atoms with Crippen LogP contribution in [-0.4, -0.2) is 54.4 Å². The number of rotatable bonds is 2. The molecule has 0 bridgehead atoms. The van der Waals surface area contributed by atoms with Crippen LogP contribution in [0.5, 0.6) is 0 Å². The van der Waals surface area contributed by atoms with Crippen molar-refractivity contribution in [3.63, 3.8) is 0 Å². The highest BCUT2D eigenvalue weighted by atomic mass is 16.3. The summed E-state index contributed by atoms with van der Waals surface area (Å²) in [4.78, 5) is 13.7. The monoisotopic (exact) mass is 241 g/mol. The Balaban J connectivity index is 1.81. The molecule has 1 aliphatic carbocycles. The van der Waals surface area contributed by atoms with Crippen molar-refractivity contribution in [1.82, 2.24) is 15.5 Å². The van der Waals surface area contributed by atoms with E-state index in [9.17, 15) is 9.90 Å². The van der Waals surface area contributed by atoms with Crippen LogP contribution in [0.2, 0.25) is 0 Å². The predicted octanol–water partition coefficient (Wildman–Crippen LogP) is 0.293. The van der Waals surface area contributed by atoms with E-state index in [2.05, 4.69) is 10.6 Å². The van der Waals surface area contributed by atoms with Crippen LogP contribution in [0.3, 0.4) is 0 Å². The number of β-amino-alcohol motifs (C(OH)–C–C–N with tert-alkyl or cyclic N) is 1. The number of carbonyl (C=O) groups excluding carboxylic acids is 1. The predicted molar refractivity (Wildman–Crippen MR) is 65.8 cm³/mol. The molecule has 2 aliphatic rings. The van der Waals surface area contributed by atoms with Crippen LogP contribution in [0.25, 0.3) is 0 Å². The van der Waals surface area contributed by atoms with Gasteiger partial charge in [-0.15, -0.1) is 0 Å². The molecule has 98 valence electrons. The third kappa shape index (κ3) is 3.10. The molecule has 2 amide bonds. The molecule has 5 nitrogen and oxygen atoms in total. The molecule has 0 aromatic heterocycles. The number of aliphatic hydroxyl groups is 1. The highest BCUT2D eigenvalue weighted by Crippen LogP contribution is 2.18. The van der Waals surface area contributed by atoms with Gasteiger partial charge in [-0.1, -0.05) is 19.3 Å². The number of amides is 2. The fraction of sp³-hybridized carbons (Fsp3) is 0.917. The number of hydrogen-bond donors (Lipinski definition) is 3. The van der Waals surface area contributed by atoms with Gasteiger partial charge in [0.15, 0.2) is 0 Å². The van der Waals surface area contributed by atoms with E-state index in [0.29, 0.717) is 19.1 Å². The van der Waals surface area contributed by atoms with Gasteiger partial charge in [0, 0.05) is 26.2 Å². The molecule has 17 heavy (non-hydrogen) atoms. The van der Waals surface area contributed by atoms with Gasteiger partial charge in [0.2, 0.25) is 0 Å². The minimum absolute atomic E-state index is 0.0513. The summed E-state index contributed by atoms with van der Waals surface area (Å²) in [5.41, 5.74) is 0. The fourth-order valence-electron chi connectivity index (χ4n) is 2.72. The van der Waals surface area contributed by atoms with Crippen molar-refractivity contribution < 1.29 is 9.90 Å². The first-order chi connectivity index (χ1) is 8.18. The maximum atomic E-state index is 12.0. The van der Waals surface area contributed by atoms with E-state index in [0.717, 1.165) is 12.8 Å². The summed E-state index contributed by atoms with van der Waals surface area (Å²) in [6, 6.07) is 0.174.